The van der Waals surface area contributed by atoms with Crippen LogP contribution in [0.1, 0.15) is 32.8 Å². The molecule has 2 heteroatoms. The van der Waals surface area contributed by atoms with Gasteiger partial charge >= 0.3 is 0 Å². The summed E-state index contributed by atoms with van der Waals surface area (Å²) in [6, 6.07) is 10.00. The molecular weight excluding hydrogens is 224 g/mol. The summed E-state index contributed by atoms with van der Waals surface area (Å²) < 4.78 is 5.60. The maximum absolute atomic E-state index is 9.62. The van der Waals surface area contributed by atoms with E-state index in [1.54, 1.807) is 0 Å². The van der Waals surface area contributed by atoms with E-state index in [1.165, 1.54) is 0 Å². The van der Waals surface area contributed by atoms with Crippen molar-refractivity contribution in [3.05, 3.63) is 35.9 Å². The summed E-state index contributed by atoms with van der Waals surface area (Å²) in [5.41, 5.74) is 1.13. The standard InChI is InChI=1S/C16H22O2/c1-13(2)11-16(17)10-9-14(3)18-12-15-7-5-4-6-8-15/h4-8,13-14,16-17H,11-12H2,1-3H3/t14-,16+/m1/s1. The molecule has 0 amide bonds. The monoisotopic (exact) mass is 246 g/mol. The van der Waals surface area contributed by atoms with Crippen LogP contribution >= 0.6 is 0 Å². The van der Waals surface area contributed by atoms with E-state index in [1.807, 2.05) is 37.3 Å². The van der Waals surface area contributed by atoms with Crippen molar-refractivity contribution in [3.63, 3.8) is 0 Å². The lowest BCUT2D eigenvalue weighted by Gasteiger charge is -2.08. The lowest BCUT2D eigenvalue weighted by atomic mass is 10.1. The molecular formula is C16H22O2. The Bertz CT molecular complexity index is 387. The van der Waals surface area contributed by atoms with Crippen LogP contribution in [0, 0.1) is 17.8 Å². The third-order valence-electron chi connectivity index (χ3n) is 2.49. The topological polar surface area (TPSA) is 29.5 Å². The highest BCUT2D eigenvalue weighted by Crippen LogP contribution is 2.05. The number of ether oxygens (including phenoxy) is 1. The molecule has 1 aromatic carbocycles. The highest BCUT2D eigenvalue weighted by atomic mass is 16.5. The molecule has 1 rings (SSSR count). The van der Waals surface area contributed by atoms with Crippen molar-refractivity contribution in [2.75, 3.05) is 0 Å². The fourth-order valence-electron chi connectivity index (χ4n) is 1.56. The highest BCUT2D eigenvalue weighted by Gasteiger charge is 2.03. The Kier molecular flexibility index (Phi) is 6.49. The molecule has 0 saturated carbocycles. The van der Waals surface area contributed by atoms with Crippen molar-refractivity contribution in [1.82, 2.24) is 0 Å². The van der Waals surface area contributed by atoms with Gasteiger partial charge in [-0.25, -0.2) is 0 Å². The summed E-state index contributed by atoms with van der Waals surface area (Å²) in [6.07, 6.45) is -0.00177. The summed E-state index contributed by atoms with van der Waals surface area (Å²) in [7, 11) is 0. The number of hydrogen-bond donors (Lipinski definition) is 1. The van der Waals surface area contributed by atoms with Crippen molar-refractivity contribution in [2.45, 2.75) is 46.0 Å². The number of aliphatic hydroxyl groups is 1. The normalized spacial score (nSPS) is 13.8. The molecule has 0 unspecified atom stereocenters. The number of hydrogen-bond acceptors (Lipinski definition) is 2. The minimum atomic E-state index is -0.548. The average Bonchev–Trinajstić information content (AvgIpc) is 2.34. The smallest absolute Gasteiger partial charge is 0.115 e. The molecule has 0 bridgehead atoms. The van der Waals surface area contributed by atoms with Gasteiger partial charge in [-0.2, -0.15) is 0 Å². The number of benzene rings is 1. The molecule has 98 valence electrons. The molecule has 18 heavy (non-hydrogen) atoms. The van der Waals surface area contributed by atoms with Gasteiger partial charge in [0.2, 0.25) is 0 Å². The van der Waals surface area contributed by atoms with Crippen molar-refractivity contribution < 1.29 is 9.84 Å². The van der Waals surface area contributed by atoms with Gasteiger partial charge in [-0.15, -0.1) is 0 Å². The molecule has 0 radical (unpaired) electrons. The van der Waals surface area contributed by atoms with Gasteiger partial charge in [0.15, 0.2) is 0 Å². The second-order valence-corrected chi connectivity index (χ2v) is 4.87. The van der Waals surface area contributed by atoms with E-state index in [-0.39, 0.29) is 6.10 Å². The Hall–Kier alpha value is -1.30. The van der Waals surface area contributed by atoms with Gasteiger partial charge < -0.3 is 9.84 Å². The quantitative estimate of drug-likeness (QED) is 0.809. The van der Waals surface area contributed by atoms with Crippen LogP contribution in [0.25, 0.3) is 0 Å². The van der Waals surface area contributed by atoms with Crippen molar-refractivity contribution in [3.8, 4) is 11.8 Å². The summed E-state index contributed by atoms with van der Waals surface area (Å²) in [6.45, 7) is 6.59. The zero-order valence-corrected chi connectivity index (χ0v) is 11.4. The van der Waals surface area contributed by atoms with Crippen LogP contribution in [-0.2, 0) is 11.3 Å². The molecule has 0 fully saturated rings. The minimum Gasteiger partial charge on any atom is -0.380 e. The van der Waals surface area contributed by atoms with Crippen LogP contribution in [0.5, 0.6) is 0 Å². The molecule has 0 aromatic heterocycles. The predicted molar refractivity (Wildman–Crippen MR) is 73.9 cm³/mol. The van der Waals surface area contributed by atoms with Crippen molar-refractivity contribution >= 4 is 0 Å². The van der Waals surface area contributed by atoms with E-state index in [4.69, 9.17) is 4.74 Å². The van der Waals surface area contributed by atoms with Crippen LogP contribution < -0.4 is 0 Å². The Balaban J connectivity index is 2.33. The molecule has 1 aromatic rings. The molecule has 0 aliphatic heterocycles. The molecule has 0 aliphatic rings. The SMILES string of the molecule is CC(C)C[C@@H](O)C#C[C@@H](C)OCc1ccccc1. The molecule has 2 nitrogen and oxygen atoms in total. The van der Waals surface area contributed by atoms with Gasteiger partial charge in [-0.3, -0.25) is 0 Å². The van der Waals surface area contributed by atoms with Crippen molar-refractivity contribution in [1.29, 1.82) is 0 Å². The Morgan fingerprint density at radius 1 is 1.11 bits per heavy atom. The minimum absolute atomic E-state index is 0.160. The molecule has 0 spiro atoms. The lowest BCUT2D eigenvalue weighted by molar-refractivity contribution is 0.0895. The van der Waals surface area contributed by atoms with E-state index in [0.717, 1.165) is 5.56 Å². The Labute approximate surface area is 110 Å². The zero-order valence-electron chi connectivity index (χ0n) is 11.4. The summed E-state index contributed by atoms with van der Waals surface area (Å²) >= 11 is 0. The van der Waals surface area contributed by atoms with Crippen LogP contribution in [0.15, 0.2) is 30.3 Å². The van der Waals surface area contributed by atoms with E-state index in [2.05, 4.69) is 25.7 Å². The molecule has 2 atom stereocenters. The van der Waals surface area contributed by atoms with Gasteiger partial charge in [-0.05, 0) is 24.8 Å². The van der Waals surface area contributed by atoms with Crippen LogP contribution in [0.2, 0.25) is 0 Å². The van der Waals surface area contributed by atoms with E-state index >= 15 is 0 Å². The second-order valence-electron chi connectivity index (χ2n) is 4.87. The maximum Gasteiger partial charge on any atom is 0.115 e. The van der Waals surface area contributed by atoms with E-state index < -0.39 is 6.10 Å². The number of aliphatic hydroxyl groups excluding tert-OH is 1. The first kappa shape index (κ1) is 14.8. The fourth-order valence-corrected chi connectivity index (χ4v) is 1.56. The summed E-state index contributed by atoms with van der Waals surface area (Å²) in [5.74, 6) is 6.22. The highest BCUT2D eigenvalue weighted by molar-refractivity contribution is 5.14. The van der Waals surface area contributed by atoms with Crippen molar-refractivity contribution in [2.24, 2.45) is 5.92 Å². The van der Waals surface area contributed by atoms with E-state index in [9.17, 15) is 5.11 Å². The first-order valence-corrected chi connectivity index (χ1v) is 6.42. The predicted octanol–water partition coefficient (Wildman–Crippen LogP) is 3.00. The Morgan fingerprint density at radius 3 is 2.39 bits per heavy atom. The van der Waals surface area contributed by atoms with Crippen LogP contribution in [0.4, 0.5) is 0 Å². The van der Waals surface area contributed by atoms with Gasteiger partial charge in [0.25, 0.3) is 0 Å². The third-order valence-corrected chi connectivity index (χ3v) is 2.49. The average molecular weight is 246 g/mol. The second kappa shape index (κ2) is 7.92. The zero-order chi connectivity index (χ0) is 13.4. The summed E-state index contributed by atoms with van der Waals surface area (Å²) in [5, 5.41) is 9.62. The largest absolute Gasteiger partial charge is 0.380 e. The fraction of sp³-hybridized carbons (Fsp3) is 0.500. The maximum atomic E-state index is 9.62. The lowest BCUT2D eigenvalue weighted by Crippen LogP contribution is -2.10. The molecule has 0 aliphatic carbocycles. The van der Waals surface area contributed by atoms with Gasteiger partial charge in [0, 0.05) is 0 Å². The van der Waals surface area contributed by atoms with Gasteiger partial charge in [0.1, 0.15) is 12.2 Å². The first-order chi connectivity index (χ1) is 8.58. The third kappa shape index (κ3) is 6.44. The van der Waals surface area contributed by atoms with Gasteiger partial charge in [-0.1, -0.05) is 56.0 Å². The first-order valence-electron chi connectivity index (χ1n) is 6.42. The molecule has 0 saturated heterocycles. The van der Waals surface area contributed by atoms with E-state index in [0.29, 0.717) is 18.9 Å². The summed E-state index contributed by atoms with van der Waals surface area (Å²) in [4.78, 5) is 0. The number of rotatable bonds is 5. The van der Waals surface area contributed by atoms with Gasteiger partial charge in [0.05, 0.1) is 6.61 Å². The van der Waals surface area contributed by atoms with Crippen LogP contribution in [-0.4, -0.2) is 17.3 Å². The molecule has 1 N–H and O–H groups in total. The molecule has 0 heterocycles. The Morgan fingerprint density at radius 2 is 1.78 bits per heavy atom. The van der Waals surface area contributed by atoms with Crippen LogP contribution in [0.3, 0.4) is 0 Å².